The van der Waals surface area contributed by atoms with E-state index in [4.69, 9.17) is 24.7 Å². The van der Waals surface area contributed by atoms with Crippen LogP contribution in [-0.2, 0) is 47.7 Å². The zero-order valence-corrected chi connectivity index (χ0v) is 37.3. The predicted octanol–water partition coefficient (Wildman–Crippen LogP) is 1.47. The second-order valence-corrected chi connectivity index (χ2v) is 19.0. The fraction of sp³-hybridized carbons (Fsp3) is 0.744. The van der Waals surface area contributed by atoms with Crippen LogP contribution in [0.15, 0.2) is 17.1 Å². The third-order valence-corrected chi connectivity index (χ3v) is 12.8. The lowest BCUT2D eigenvalue weighted by Gasteiger charge is -2.37. The average Bonchev–Trinajstić information content (AvgIpc) is 3.54. The Labute approximate surface area is 363 Å². The van der Waals surface area contributed by atoms with Crippen LogP contribution in [0.2, 0.25) is 0 Å². The van der Waals surface area contributed by atoms with Gasteiger partial charge >= 0.3 is 23.6 Å². The van der Waals surface area contributed by atoms with E-state index in [1.807, 2.05) is 34.6 Å². The van der Waals surface area contributed by atoms with Crippen molar-refractivity contribution in [2.75, 3.05) is 50.3 Å². The number of aromatic nitrogens is 2. The minimum absolute atomic E-state index is 0.0203. The second-order valence-electron chi connectivity index (χ2n) is 16.4. The minimum Gasteiger partial charge on any atom is -0.480 e. The molecule has 2 heterocycles. The molecule has 0 radical (unpaired) electrons. The molecule has 1 saturated heterocycles. The van der Waals surface area contributed by atoms with Gasteiger partial charge in [-0.2, -0.15) is 28.5 Å². The van der Waals surface area contributed by atoms with Gasteiger partial charge in [-0.15, -0.1) is 0 Å². The van der Waals surface area contributed by atoms with Gasteiger partial charge in [-0.25, -0.2) is 18.8 Å². The van der Waals surface area contributed by atoms with Crippen LogP contribution < -0.4 is 32.7 Å². The minimum atomic E-state index is -1.56. The van der Waals surface area contributed by atoms with E-state index >= 15 is 0 Å². The topological polar surface area (TPSA) is 269 Å². The van der Waals surface area contributed by atoms with Crippen molar-refractivity contribution in [1.82, 2.24) is 30.8 Å². The molecular formula is C39H62FN7O12S2. The lowest BCUT2D eigenvalue weighted by Crippen LogP contribution is -2.53. The highest BCUT2D eigenvalue weighted by Gasteiger charge is 2.38. The summed E-state index contributed by atoms with van der Waals surface area (Å²) >= 11 is 3.07. The van der Waals surface area contributed by atoms with Crippen molar-refractivity contribution >= 4 is 64.8 Å². The lowest BCUT2D eigenvalue weighted by atomic mass is 9.99. The number of carboxylic acids is 1. The first kappa shape index (κ1) is 51.5. The molecule has 1 aliphatic heterocycles. The third kappa shape index (κ3) is 19.0. The Morgan fingerprint density at radius 3 is 2.31 bits per heavy atom. The molecule has 344 valence electrons. The van der Waals surface area contributed by atoms with Crippen molar-refractivity contribution in [1.29, 1.82) is 0 Å². The van der Waals surface area contributed by atoms with Crippen molar-refractivity contribution < 1.29 is 57.2 Å². The molecule has 7 atom stereocenters. The number of nitrogens with zero attached hydrogens (tertiary/aromatic N) is 2. The molecule has 61 heavy (non-hydrogen) atoms. The van der Waals surface area contributed by atoms with Gasteiger partial charge in [0.2, 0.25) is 11.8 Å². The molecule has 3 rings (SSSR count). The predicted molar refractivity (Wildman–Crippen MR) is 226 cm³/mol. The Morgan fingerprint density at radius 2 is 1.70 bits per heavy atom. The number of hydrogen-bond acceptors (Lipinski definition) is 17. The van der Waals surface area contributed by atoms with E-state index in [0.717, 1.165) is 17.4 Å². The summed E-state index contributed by atoms with van der Waals surface area (Å²) < 4.78 is 36.9. The average molecular weight is 904 g/mol. The molecule has 19 nitrogen and oxygen atoms in total. The number of esters is 2. The molecule has 0 bridgehead atoms. The molecule has 0 spiro atoms. The Kier molecular flexibility index (Phi) is 20.9. The molecule has 7 N–H and O–H groups in total. The summed E-state index contributed by atoms with van der Waals surface area (Å²) in [4.78, 5) is 89.6. The largest absolute Gasteiger partial charge is 0.480 e. The second kappa shape index (κ2) is 24.7. The number of carbonyl (C=O) groups is 6. The van der Waals surface area contributed by atoms with Crippen LogP contribution in [-0.4, -0.2) is 141 Å². The maximum absolute atomic E-state index is 14.6. The number of alkyl halides is 1. The van der Waals surface area contributed by atoms with Crippen LogP contribution >= 0.6 is 23.5 Å². The Bertz CT molecular complexity index is 1710. The van der Waals surface area contributed by atoms with Crippen LogP contribution in [0.3, 0.4) is 0 Å². The monoisotopic (exact) mass is 903 g/mol. The van der Waals surface area contributed by atoms with Crippen LogP contribution in [0.5, 0.6) is 0 Å². The van der Waals surface area contributed by atoms with Crippen molar-refractivity contribution in [3.05, 3.63) is 22.7 Å². The lowest BCUT2D eigenvalue weighted by molar-refractivity contribution is -0.161. The third-order valence-electron chi connectivity index (χ3n) is 9.56. The smallest absolute Gasteiger partial charge is 0.351 e. The number of ketones is 1. The number of carboxylic acid groups (broad SMARTS) is 1. The van der Waals surface area contributed by atoms with Gasteiger partial charge in [-0.1, -0.05) is 6.92 Å². The highest BCUT2D eigenvalue weighted by Crippen LogP contribution is 2.40. The van der Waals surface area contributed by atoms with E-state index in [1.165, 1.54) is 24.0 Å². The highest BCUT2D eigenvalue weighted by molar-refractivity contribution is 8.04. The molecule has 1 aliphatic carbocycles. The molecule has 2 fully saturated rings. The van der Waals surface area contributed by atoms with Crippen molar-refractivity contribution in [3.8, 4) is 0 Å². The van der Waals surface area contributed by atoms with Gasteiger partial charge in [0.25, 0.3) is 0 Å². The maximum Gasteiger partial charge on any atom is 0.351 e. The molecular weight excluding hydrogens is 842 g/mol. The number of amides is 2. The van der Waals surface area contributed by atoms with E-state index in [0.29, 0.717) is 18.6 Å². The van der Waals surface area contributed by atoms with Gasteiger partial charge in [0, 0.05) is 59.5 Å². The molecule has 0 aromatic carbocycles. The number of nitrogens with one attached hydrogen (secondary N) is 4. The van der Waals surface area contributed by atoms with E-state index in [2.05, 4.69) is 26.3 Å². The fourth-order valence-corrected chi connectivity index (χ4v) is 9.10. The Balaban J connectivity index is 1.35. The number of halogens is 1. The van der Waals surface area contributed by atoms with Gasteiger partial charge in [0.1, 0.15) is 30.4 Å². The van der Waals surface area contributed by atoms with Gasteiger partial charge in [-0.3, -0.25) is 29.1 Å². The van der Waals surface area contributed by atoms with Gasteiger partial charge in [0.15, 0.2) is 12.8 Å². The summed E-state index contributed by atoms with van der Waals surface area (Å²) in [5, 5.41) is 21.7. The number of thioether (sulfide) groups is 2. The first-order valence-electron chi connectivity index (χ1n) is 20.3. The van der Waals surface area contributed by atoms with Crippen molar-refractivity contribution in [2.24, 2.45) is 0 Å². The molecule has 1 aromatic rings. The number of Topliss-reactive ketones (excluding diaryl/α,β-unsaturated/α-hetero) is 1. The van der Waals surface area contributed by atoms with Crippen molar-refractivity contribution in [2.45, 2.75) is 139 Å². The van der Waals surface area contributed by atoms with E-state index in [9.17, 15) is 43.1 Å². The zero-order chi connectivity index (χ0) is 45.3. The first-order chi connectivity index (χ1) is 28.7. The van der Waals surface area contributed by atoms with Gasteiger partial charge in [0.05, 0.1) is 37.4 Å². The van der Waals surface area contributed by atoms with E-state index in [1.54, 1.807) is 18.7 Å². The number of carbonyl (C=O) groups excluding carboxylic acids is 5. The van der Waals surface area contributed by atoms with E-state index in [-0.39, 0.29) is 79.5 Å². The van der Waals surface area contributed by atoms with Gasteiger partial charge < -0.3 is 45.7 Å². The molecule has 4 unspecified atom stereocenters. The standard InChI is InChI=1S/C39H62FN7O12S2/c1-7-23(48)17-42-22-58-39(5,6)13-10-31(49)44-27(36(53)54)21-61-29-9-8-28(29)60-20-26(46-38(2,3)4)34(52)43-14-11-32(50)57-19-33(51)56-18-24-16-25(40)35(59-24)47-15-12-30(41)45-37(47)55/h12,15,24-29,35,42,46H,7-11,13-14,16-22H2,1-6H3,(H,43,52)(H,44,49)(H,53,54)(H2,41,45,55)/t24-,25-,26?,27?,28?,29?,35+/m1/s1. The molecule has 2 aliphatic rings. The molecule has 1 aromatic heterocycles. The Hall–Kier alpha value is -3.83. The fourth-order valence-electron chi connectivity index (χ4n) is 5.98. The maximum atomic E-state index is 14.6. The van der Waals surface area contributed by atoms with Crippen LogP contribution in [0.25, 0.3) is 0 Å². The number of rotatable bonds is 27. The van der Waals surface area contributed by atoms with Crippen molar-refractivity contribution in [3.63, 3.8) is 0 Å². The number of nitrogens with two attached hydrogens (primary N) is 1. The number of hydrogen-bond donors (Lipinski definition) is 6. The number of ether oxygens (including phenoxy) is 4. The highest BCUT2D eigenvalue weighted by atomic mass is 32.2. The normalized spacial score (nSPS) is 21.1. The van der Waals surface area contributed by atoms with Crippen LogP contribution in [0, 0.1) is 0 Å². The number of anilines is 1. The number of nitrogen functional groups attached to an aromatic ring is 1. The van der Waals surface area contributed by atoms with E-state index < -0.39 is 77.8 Å². The SMILES string of the molecule is CCC(=O)CNCOC(C)(C)CCC(=O)NC(CSC1CCC1SCC(NC(C)(C)C)C(=O)NCCC(=O)OCC(=O)OC[C@H]1C[C@@H](F)[C@@H](n2ccc(N)nc2=O)O1)C(=O)O. The zero-order valence-electron chi connectivity index (χ0n) is 35.7. The number of aliphatic carboxylic acids is 1. The molecule has 22 heteroatoms. The van der Waals surface area contributed by atoms with Gasteiger partial charge in [-0.05, 0) is 59.9 Å². The molecule has 2 amide bonds. The Morgan fingerprint density at radius 1 is 1.03 bits per heavy atom. The summed E-state index contributed by atoms with van der Waals surface area (Å²) in [6.07, 6.45) is -0.176. The summed E-state index contributed by atoms with van der Waals surface area (Å²) in [6, 6.07) is -0.366. The van der Waals surface area contributed by atoms with Crippen LogP contribution in [0.4, 0.5) is 10.2 Å². The summed E-state index contributed by atoms with van der Waals surface area (Å²) in [7, 11) is 0. The van der Waals surface area contributed by atoms with Crippen LogP contribution in [0.1, 0.15) is 92.7 Å². The summed E-state index contributed by atoms with van der Waals surface area (Å²) in [5.74, 6) is -2.87. The quantitative estimate of drug-likeness (QED) is 0.0415. The molecule has 1 saturated carbocycles. The summed E-state index contributed by atoms with van der Waals surface area (Å²) in [6.45, 7) is 10.4. The summed E-state index contributed by atoms with van der Waals surface area (Å²) in [5.41, 5.74) is 3.60. The first-order valence-corrected chi connectivity index (χ1v) is 22.4.